The third kappa shape index (κ3) is 5.06. The molecule has 1 rings (SSSR count). The van der Waals surface area contributed by atoms with Gasteiger partial charge in [-0.05, 0) is 37.6 Å². The molecule has 0 radical (unpaired) electrons. The fourth-order valence-electron chi connectivity index (χ4n) is 1.77. The van der Waals surface area contributed by atoms with Crippen LogP contribution in [0.25, 0.3) is 0 Å². The highest BCUT2D eigenvalue weighted by atomic mass is 35.5. The molecular weight excluding hydrogens is 266 g/mol. The number of halogens is 1. The smallest absolute Gasteiger partial charge is 0.248 e. The second-order valence-corrected chi connectivity index (χ2v) is 4.69. The predicted molar refractivity (Wildman–Crippen MR) is 77.5 cm³/mol. The highest BCUT2D eigenvalue weighted by Crippen LogP contribution is 2.24. The number of benzene rings is 1. The summed E-state index contributed by atoms with van der Waals surface area (Å²) in [6.07, 6.45) is 1.75. The molecule has 5 N–H and O–H groups in total. The molecule has 1 unspecified atom stereocenters. The SMILES string of the molecule is COCC(CCCN)Nc1cc(C(N)=O)ccc1Cl. The standard InChI is InChI=1S/C13H20ClN3O2/c1-19-8-10(3-2-6-15)17-12-7-9(13(16)18)4-5-11(12)14/h4-5,7,10,17H,2-3,6,8,15H2,1H3,(H2,16,18). The number of nitrogens with two attached hydrogens (primary N) is 2. The molecule has 0 aliphatic heterocycles. The van der Waals surface area contributed by atoms with E-state index in [1.807, 2.05) is 0 Å². The molecule has 6 heteroatoms. The van der Waals surface area contributed by atoms with Crippen molar-refractivity contribution < 1.29 is 9.53 Å². The van der Waals surface area contributed by atoms with Crippen LogP contribution in [0.5, 0.6) is 0 Å². The van der Waals surface area contributed by atoms with E-state index in [4.69, 9.17) is 27.8 Å². The van der Waals surface area contributed by atoms with Crippen molar-refractivity contribution in [2.45, 2.75) is 18.9 Å². The van der Waals surface area contributed by atoms with Crippen LogP contribution in [0, 0.1) is 0 Å². The first-order valence-corrected chi connectivity index (χ1v) is 6.51. The summed E-state index contributed by atoms with van der Waals surface area (Å²) in [5.41, 5.74) is 11.9. The van der Waals surface area contributed by atoms with Crippen molar-refractivity contribution in [3.63, 3.8) is 0 Å². The zero-order valence-electron chi connectivity index (χ0n) is 11.0. The summed E-state index contributed by atoms with van der Waals surface area (Å²) in [5, 5.41) is 3.80. The fraction of sp³-hybridized carbons (Fsp3) is 0.462. The van der Waals surface area contributed by atoms with Gasteiger partial charge in [0.2, 0.25) is 5.91 Å². The van der Waals surface area contributed by atoms with E-state index < -0.39 is 5.91 Å². The van der Waals surface area contributed by atoms with E-state index in [1.54, 1.807) is 25.3 Å². The van der Waals surface area contributed by atoms with Crippen LogP contribution in [0.4, 0.5) is 5.69 Å². The zero-order valence-corrected chi connectivity index (χ0v) is 11.7. The fourth-order valence-corrected chi connectivity index (χ4v) is 1.94. The molecule has 0 heterocycles. The van der Waals surface area contributed by atoms with Gasteiger partial charge in [0.05, 0.1) is 17.3 Å². The number of nitrogens with one attached hydrogen (secondary N) is 1. The third-order valence-corrected chi connectivity index (χ3v) is 3.06. The molecule has 0 fully saturated rings. The van der Waals surface area contributed by atoms with Gasteiger partial charge in [-0.2, -0.15) is 0 Å². The largest absolute Gasteiger partial charge is 0.383 e. The lowest BCUT2D eigenvalue weighted by Gasteiger charge is -2.20. The maximum absolute atomic E-state index is 11.2. The maximum Gasteiger partial charge on any atom is 0.248 e. The van der Waals surface area contributed by atoms with Crippen molar-refractivity contribution >= 4 is 23.2 Å². The molecule has 0 bridgehead atoms. The zero-order chi connectivity index (χ0) is 14.3. The van der Waals surface area contributed by atoms with Crippen LogP contribution in [0.15, 0.2) is 18.2 Å². The molecule has 0 saturated heterocycles. The summed E-state index contributed by atoms with van der Waals surface area (Å²) in [6.45, 7) is 1.16. The number of hydrogen-bond acceptors (Lipinski definition) is 4. The lowest BCUT2D eigenvalue weighted by Crippen LogP contribution is -2.26. The van der Waals surface area contributed by atoms with Gasteiger partial charge in [0, 0.05) is 18.7 Å². The molecule has 1 amide bonds. The second-order valence-electron chi connectivity index (χ2n) is 4.29. The number of rotatable bonds is 8. The predicted octanol–water partition coefficient (Wildman–Crippen LogP) is 1.60. The van der Waals surface area contributed by atoms with Gasteiger partial charge in [-0.1, -0.05) is 11.6 Å². The Labute approximate surface area is 118 Å². The van der Waals surface area contributed by atoms with Crippen molar-refractivity contribution in [1.82, 2.24) is 0 Å². The molecule has 1 aromatic carbocycles. The average Bonchev–Trinajstić information content (AvgIpc) is 2.38. The van der Waals surface area contributed by atoms with Gasteiger partial charge >= 0.3 is 0 Å². The van der Waals surface area contributed by atoms with Crippen LogP contribution < -0.4 is 16.8 Å². The number of carbonyl (C=O) groups is 1. The van der Waals surface area contributed by atoms with E-state index in [0.717, 1.165) is 12.8 Å². The Hall–Kier alpha value is -1.30. The van der Waals surface area contributed by atoms with Gasteiger partial charge in [-0.15, -0.1) is 0 Å². The van der Waals surface area contributed by atoms with Crippen LogP contribution in [-0.2, 0) is 4.74 Å². The van der Waals surface area contributed by atoms with Crippen molar-refractivity contribution in [3.8, 4) is 0 Å². The first-order valence-electron chi connectivity index (χ1n) is 6.13. The number of carbonyl (C=O) groups excluding carboxylic acids is 1. The van der Waals surface area contributed by atoms with E-state index in [-0.39, 0.29) is 6.04 Å². The Bertz CT molecular complexity index is 426. The van der Waals surface area contributed by atoms with Crippen LogP contribution >= 0.6 is 11.6 Å². The van der Waals surface area contributed by atoms with Gasteiger partial charge in [0.1, 0.15) is 0 Å². The Morgan fingerprint density at radius 2 is 2.26 bits per heavy atom. The Balaban J connectivity index is 2.81. The van der Waals surface area contributed by atoms with Gasteiger partial charge in [-0.3, -0.25) is 4.79 Å². The van der Waals surface area contributed by atoms with E-state index in [0.29, 0.717) is 29.4 Å². The van der Waals surface area contributed by atoms with Crippen LogP contribution in [0.2, 0.25) is 5.02 Å². The summed E-state index contributed by atoms with van der Waals surface area (Å²) in [6, 6.07) is 4.99. The molecule has 106 valence electrons. The number of amides is 1. The monoisotopic (exact) mass is 285 g/mol. The van der Waals surface area contributed by atoms with Crippen molar-refractivity contribution in [3.05, 3.63) is 28.8 Å². The van der Waals surface area contributed by atoms with Crippen molar-refractivity contribution in [2.75, 3.05) is 25.6 Å². The number of anilines is 1. The van der Waals surface area contributed by atoms with Gasteiger partial charge < -0.3 is 21.5 Å². The lowest BCUT2D eigenvalue weighted by molar-refractivity contribution is 0.100. The summed E-state index contributed by atoms with van der Waals surface area (Å²) in [7, 11) is 1.64. The van der Waals surface area contributed by atoms with E-state index in [1.165, 1.54) is 0 Å². The minimum Gasteiger partial charge on any atom is -0.383 e. The number of ether oxygens (including phenoxy) is 1. The van der Waals surface area contributed by atoms with Crippen LogP contribution in [-0.4, -0.2) is 32.2 Å². The minimum atomic E-state index is -0.482. The highest BCUT2D eigenvalue weighted by molar-refractivity contribution is 6.33. The van der Waals surface area contributed by atoms with E-state index in [9.17, 15) is 4.79 Å². The highest BCUT2D eigenvalue weighted by Gasteiger charge is 2.11. The molecule has 0 aromatic heterocycles. The van der Waals surface area contributed by atoms with Crippen LogP contribution in [0.3, 0.4) is 0 Å². The van der Waals surface area contributed by atoms with Gasteiger partial charge in [0.25, 0.3) is 0 Å². The molecule has 1 atom stereocenters. The molecule has 19 heavy (non-hydrogen) atoms. The van der Waals surface area contributed by atoms with Crippen molar-refractivity contribution in [2.24, 2.45) is 11.5 Å². The summed E-state index contributed by atoms with van der Waals surface area (Å²) in [5.74, 6) is -0.482. The second kappa shape index (κ2) is 7.99. The summed E-state index contributed by atoms with van der Waals surface area (Å²) in [4.78, 5) is 11.2. The summed E-state index contributed by atoms with van der Waals surface area (Å²) >= 11 is 6.10. The topological polar surface area (TPSA) is 90.4 Å². The molecule has 0 saturated carbocycles. The normalized spacial score (nSPS) is 12.2. The third-order valence-electron chi connectivity index (χ3n) is 2.74. The first-order chi connectivity index (χ1) is 9.08. The summed E-state index contributed by atoms with van der Waals surface area (Å²) < 4.78 is 5.15. The van der Waals surface area contributed by atoms with E-state index in [2.05, 4.69) is 5.32 Å². The lowest BCUT2D eigenvalue weighted by atomic mass is 10.1. The number of methoxy groups -OCH3 is 1. The quantitative estimate of drug-likeness (QED) is 0.677. The van der Waals surface area contributed by atoms with Crippen molar-refractivity contribution in [1.29, 1.82) is 0 Å². The average molecular weight is 286 g/mol. The molecule has 1 aromatic rings. The minimum absolute atomic E-state index is 0.0918. The van der Waals surface area contributed by atoms with Gasteiger partial charge in [-0.25, -0.2) is 0 Å². The van der Waals surface area contributed by atoms with E-state index >= 15 is 0 Å². The van der Waals surface area contributed by atoms with Gasteiger partial charge in [0.15, 0.2) is 0 Å². The molecule has 0 aliphatic rings. The molecule has 5 nitrogen and oxygen atoms in total. The Morgan fingerprint density at radius 3 is 2.84 bits per heavy atom. The number of primary amides is 1. The Morgan fingerprint density at radius 1 is 1.53 bits per heavy atom. The Kier molecular flexibility index (Phi) is 6.62. The first kappa shape index (κ1) is 15.8. The molecular formula is C13H20ClN3O2. The maximum atomic E-state index is 11.2. The number of hydrogen-bond donors (Lipinski definition) is 3. The molecule has 0 spiro atoms. The van der Waals surface area contributed by atoms with Crippen LogP contribution in [0.1, 0.15) is 23.2 Å². The molecule has 0 aliphatic carbocycles.